The predicted octanol–water partition coefficient (Wildman–Crippen LogP) is 1.71. The molecule has 0 saturated carbocycles. The Morgan fingerprint density at radius 2 is 1.47 bits per heavy atom. The molecule has 0 unspecified atom stereocenters. The van der Waals surface area contributed by atoms with Crippen molar-refractivity contribution in [2.24, 2.45) is 0 Å². The van der Waals surface area contributed by atoms with E-state index in [1.54, 1.807) is 6.92 Å². The fourth-order valence-corrected chi connectivity index (χ4v) is 0.515. The molecule has 0 bridgehead atoms. The molecule has 0 aliphatic heterocycles. The molecule has 0 aromatic rings. The minimum absolute atomic E-state index is 0. The summed E-state index contributed by atoms with van der Waals surface area (Å²) in [5.41, 5.74) is 1.27. The topological polar surface area (TPSA) is 51.2 Å². The largest absolute Gasteiger partial charge is 0.545 e. The standard InChI is InChI=1S/C6H7.C2H5.3CHO.W/c1-6-4-2-3-5-6;4*1-2;/h2,4H,3H2,1H3;1H2,2H3;3*1H;/q5*-1;. The van der Waals surface area contributed by atoms with Gasteiger partial charge in [0.25, 0.3) is 0 Å². The van der Waals surface area contributed by atoms with E-state index in [1.165, 1.54) is 5.57 Å². The second-order valence-electron chi connectivity index (χ2n) is 1.47. The summed E-state index contributed by atoms with van der Waals surface area (Å²) in [4.78, 5) is 23.2. The SMILES string of the molecule is CC1=[C-]CC=C1.[CH-]=O.[CH-]=O.[CH-]=O.[CH2-]C.[W]. The fourth-order valence-electron chi connectivity index (χ4n) is 0.515. The van der Waals surface area contributed by atoms with Crippen molar-refractivity contribution in [1.82, 2.24) is 0 Å². The number of allylic oxidation sites excluding steroid dienone is 4. The molecule has 3 nitrogen and oxygen atoms in total. The molecule has 0 heterocycles. The quantitative estimate of drug-likeness (QED) is 0.476. The average molecular weight is 379 g/mol. The molecule has 15 heavy (non-hydrogen) atoms. The minimum atomic E-state index is 0. The third kappa shape index (κ3) is 43.1. The van der Waals surface area contributed by atoms with Crippen molar-refractivity contribution in [1.29, 1.82) is 0 Å². The van der Waals surface area contributed by atoms with E-state index in [1.807, 2.05) is 0 Å². The molecule has 1 aliphatic carbocycles. The predicted molar refractivity (Wildman–Crippen MR) is 57.5 cm³/mol. The summed E-state index contributed by atoms with van der Waals surface area (Å²) in [6, 6.07) is 0. The third-order valence-corrected chi connectivity index (χ3v) is 0.867. The maximum atomic E-state index is 7.75. The van der Waals surface area contributed by atoms with E-state index in [2.05, 4.69) is 52.4 Å². The molecule has 0 aromatic carbocycles. The Morgan fingerprint density at radius 1 is 1.13 bits per heavy atom. The van der Waals surface area contributed by atoms with E-state index >= 15 is 0 Å². The van der Waals surface area contributed by atoms with Gasteiger partial charge in [-0.1, -0.05) is 6.92 Å². The molecule has 88 valence electrons. The van der Waals surface area contributed by atoms with Gasteiger partial charge in [-0.3, -0.25) is 26.4 Å². The summed E-state index contributed by atoms with van der Waals surface area (Å²) < 4.78 is 0. The Kier molecular flexibility index (Phi) is 99.8. The molecule has 0 N–H and O–H groups in total. The van der Waals surface area contributed by atoms with Crippen LogP contribution in [-0.2, 0) is 35.4 Å². The van der Waals surface area contributed by atoms with Gasteiger partial charge in [0, 0.05) is 21.1 Å². The van der Waals surface area contributed by atoms with Crippen LogP contribution in [0.2, 0.25) is 0 Å². The van der Waals surface area contributed by atoms with Crippen LogP contribution < -0.4 is 0 Å². The Labute approximate surface area is 107 Å². The summed E-state index contributed by atoms with van der Waals surface area (Å²) in [5.74, 6) is 0. The Morgan fingerprint density at radius 3 is 1.53 bits per heavy atom. The van der Waals surface area contributed by atoms with Crippen LogP contribution in [0.25, 0.3) is 0 Å². The van der Waals surface area contributed by atoms with Gasteiger partial charge in [-0.15, -0.1) is 6.42 Å². The van der Waals surface area contributed by atoms with Crippen molar-refractivity contribution in [3.63, 3.8) is 0 Å². The summed E-state index contributed by atoms with van der Waals surface area (Å²) in [7, 11) is 0. The number of hydrogen-bond acceptors (Lipinski definition) is 3. The van der Waals surface area contributed by atoms with E-state index in [0.717, 1.165) is 6.42 Å². The van der Waals surface area contributed by atoms with E-state index in [9.17, 15) is 0 Å². The molecule has 0 atom stereocenters. The summed E-state index contributed by atoms with van der Waals surface area (Å²) in [6.45, 7) is 16.8. The monoisotopic (exact) mass is 379 g/mol. The van der Waals surface area contributed by atoms with Gasteiger partial charge in [-0.25, -0.2) is 11.6 Å². The van der Waals surface area contributed by atoms with Gasteiger partial charge >= 0.3 is 0 Å². The van der Waals surface area contributed by atoms with Crippen LogP contribution >= 0.6 is 0 Å². The van der Waals surface area contributed by atoms with E-state index in [-0.39, 0.29) is 21.1 Å². The van der Waals surface area contributed by atoms with Crippen molar-refractivity contribution in [2.45, 2.75) is 20.3 Å². The molecule has 0 amide bonds. The zero-order valence-electron chi connectivity index (χ0n) is 8.93. The molecular formula is C11H15O3W-5. The maximum absolute atomic E-state index is 7.75. The molecule has 0 spiro atoms. The smallest absolute Gasteiger partial charge is 0 e. The normalized spacial score (nSPS) is 8.60. The molecule has 0 aromatic heterocycles. The van der Waals surface area contributed by atoms with Crippen molar-refractivity contribution >= 4 is 20.4 Å². The molecule has 4 heteroatoms. The molecule has 0 radical (unpaired) electrons. The molecule has 0 fully saturated rings. The van der Waals surface area contributed by atoms with E-state index < -0.39 is 0 Å². The van der Waals surface area contributed by atoms with Crippen LogP contribution in [0, 0.1) is 13.0 Å². The molecule has 0 saturated heterocycles. The first kappa shape index (κ1) is 29.2. The van der Waals surface area contributed by atoms with Crippen LogP contribution in [0.15, 0.2) is 17.7 Å². The van der Waals surface area contributed by atoms with Gasteiger partial charge in [0.15, 0.2) is 0 Å². The van der Waals surface area contributed by atoms with Crippen molar-refractivity contribution in [3.05, 3.63) is 30.7 Å². The third-order valence-electron chi connectivity index (χ3n) is 0.867. The van der Waals surface area contributed by atoms with E-state index in [0.29, 0.717) is 0 Å². The Bertz CT molecular complexity index is 137. The average Bonchev–Trinajstić information content (AvgIpc) is 2.80. The first-order valence-electron chi connectivity index (χ1n) is 3.55. The number of hydrogen-bond donors (Lipinski definition) is 0. The van der Waals surface area contributed by atoms with Crippen molar-refractivity contribution in [3.8, 4) is 0 Å². The summed E-state index contributed by atoms with van der Waals surface area (Å²) in [6.07, 6.45) is 8.33. The summed E-state index contributed by atoms with van der Waals surface area (Å²) in [5, 5.41) is 0. The fraction of sp³-hybridized carbons (Fsp3) is 0.273. The first-order valence-corrected chi connectivity index (χ1v) is 3.55. The van der Waals surface area contributed by atoms with Gasteiger partial charge in [0.1, 0.15) is 0 Å². The van der Waals surface area contributed by atoms with Crippen LogP contribution in [-0.4, -0.2) is 20.4 Å². The van der Waals surface area contributed by atoms with E-state index in [4.69, 9.17) is 14.4 Å². The van der Waals surface area contributed by atoms with Gasteiger partial charge < -0.3 is 21.3 Å². The number of carbonyl (C=O) groups excluding carboxylic acids is 3. The maximum Gasteiger partial charge on any atom is 0 e. The number of rotatable bonds is 0. The first-order chi connectivity index (χ1) is 6.89. The zero-order valence-corrected chi connectivity index (χ0v) is 11.9. The van der Waals surface area contributed by atoms with Gasteiger partial charge in [-0.2, -0.15) is 13.0 Å². The van der Waals surface area contributed by atoms with Gasteiger partial charge in [0.2, 0.25) is 0 Å². The van der Waals surface area contributed by atoms with Crippen LogP contribution in [0.1, 0.15) is 20.3 Å². The Hall–Kier alpha value is -0.822. The summed E-state index contributed by atoms with van der Waals surface area (Å²) >= 11 is 0. The zero-order chi connectivity index (χ0) is 12.4. The second kappa shape index (κ2) is 51.2. The molecule has 1 aliphatic rings. The van der Waals surface area contributed by atoms with Crippen molar-refractivity contribution < 1.29 is 35.4 Å². The Balaban J connectivity index is -0.0000000325. The van der Waals surface area contributed by atoms with Crippen LogP contribution in [0.3, 0.4) is 0 Å². The van der Waals surface area contributed by atoms with Crippen LogP contribution in [0.4, 0.5) is 0 Å². The van der Waals surface area contributed by atoms with Gasteiger partial charge in [-0.05, 0) is 0 Å². The van der Waals surface area contributed by atoms with Gasteiger partial charge in [0.05, 0.1) is 0 Å². The molecule has 1 rings (SSSR count). The van der Waals surface area contributed by atoms with Crippen LogP contribution in [0.5, 0.6) is 0 Å². The van der Waals surface area contributed by atoms with Crippen molar-refractivity contribution in [2.75, 3.05) is 0 Å². The second-order valence-corrected chi connectivity index (χ2v) is 1.47. The molecular weight excluding hydrogens is 364 g/mol. The minimum Gasteiger partial charge on any atom is -0.545 e.